The molecule has 0 radical (unpaired) electrons. The molecule has 0 aliphatic heterocycles. The molecule has 2 aromatic carbocycles. The molecule has 4 aromatic rings. The highest BCUT2D eigenvalue weighted by atomic mass is 15.2. The van der Waals surface area contributed by atoms with Crippen LogP contribution in [0.25, 0.3) is 10.8 Å². The van der Waals surface area contributed by atoms with Crippen LogP contribution >= 0.6 is 0 Å². The lowest BCUT2D eigenvalue weighted by molar-refractivity contribution is 0.878. The van der Waals surface area contributed by atoms with Gasteiger partial charge in [0.05, 0.1) is 0 Å². The van der Waals surface area contributed by atoms with E-state index in [4.69, 9.17) is 4.98 Å². The molecule has 5 heteroatoms. The van der Waals surface area contributed by atoms with Gasteiger partial charge in [-0.15, -0.1) is 0 Å². The highest BCUT2D eigenvalue weighted by molar-refractivity contribution is 5.94. The van der Waals surface area contributed by atoms with Crippen molar-refractivity contribution in [2.45, 2.75) is 19.9 Å². The maximum atomic E-state index is 4.79. The average molecular weight is 343 g/mol. The van der Waals surface area contributed by atoms with Crippen LogP contribution in [0.3, 0.4) is 0 Å². The van der Waals surface area contributed by atoms with Gasteiger partial charge in [-0.2, -0.15) is 5.10 Å². The number of hydrogen-bond acceptors (Lipinski definition) is 4. The summed E-state index contributed by atoms with van der Waals surface area (Å²) in [5.74, 6) is 2.37. The Morgan fingerprint density at radius 1 is 0.923 bits per heavy atom. The van der Waals surface area contributed by atoms with Gasteiger partial charge in [0.15, 0.2) is 5.82 Å². The van der Waals surface area contributed by atoms with E-state index < -0.39 is 0 Å². The van der Waals surface area contributed by atoms with Gasteiger partial charge in [-0.05, 0) is 30.9 Å². The van der Waals surface area contributed by atoms with Crippen LogP contribution in [-0.4, -0.2) is 15.2 Å². The summed E-state index contributed by atoms with van der Waals surface area (Å²) in [7, 11) is 0. The zero-order valence-electron chi connectivity index (χ0n) is 14.8. The van der Waals surface area contributed by atoms with Crippen molar-refractivity contribution in [1.29, 1.82) is 0 Å². The van der Waals surface area contributed by atoms with Gasteiger partial charge in [-0.1, -0.05) is 54.6 Å². The molecule has 4 rings (SSSR count). The van der Waals surface area contributed by atoms with Crippen molar-refractivity contribution >= 4 is 28.2 Å². The van der Waals surface area contributed by atoms with Crippen LogP contribution < -0.4 is 10.6 Å². The second-order valence-electron chi connectivity index (χ2n) is 6.42. The summed E-state index contributed by atoms with van der Waals surface area (Å²) in [4.78, 5) is 4.79. The molecular formula is C21H21N5. The number of hydrogen-bond donors (Lipinski definition) is 3. The standard InChI is InChI=1S/C21H21N5/c1-14-12-20(26-25-14)23-19-13-17-10-6-7-11-18(17)21(24-19)22-15(2)16-8-4-3-5-9-16/h3-13,15H,1-2H3,(H3,22,23,24,25,26)/t15-/m1/s1. The molecule has 0 spiro atoms. The molecule has 0 saturated carbocycles. The number of nitrogens with one attached hydrogen (secondary N) is 3. The fourth-order valence-corrected chi connectivity index (χ4v) is 3.02. The minimum absolute atomic E-state index is 0.148. The van der Waals surface area contributed by atoms with Crippen LogP contribution in [-0.2, 0) is 0 Å². The van der Waals surface area contributed by atoms with E-state index in [1.54, 1.807) is 0 Å². The zero-order chi connectivity index (χ0) is 17.9. The predicted octanol–water partition coefficient (Wildman–Crippen LogP) is 5.18. The average Bonchev–Trinajstić information content (AvgIpc) is 3.07. The maximum Gasteiger partial charge on any atom is 0.153 e. The van der Waals surface area contributed by atoms with E-state index in [2.05, 4.69) is 64.2 Å². The van der Waals surface area contributed by atoms with E-state index in [1.165, 1.54) is 5.56 Å². The van der Waals surface area contributed by atoms with Crippen LogP contribution in [0.5, 0.6) is 0 Å². The Morgan fingerprint density at radius 2 is 1.69 bits per heavy atom. The third kappa shape index (κ3) is 3.37. The summed E-state index contributed by atoms with van der Waals surface area (Å²) in [6, 6.07) is 22.8. The third-order valence-electron chi connectivity index (χ3n) is 4.36. The summed E-state index contributed by atoms with van der Waals surface area (Å²) in [6.45, 7) is 4.11. The number of anilines is 3. The summed E-state index contributed by atoms with van der Waals surface area (Å²) in [6.07, 6.45) is 0. The number of fused-ring (bicyclic) bond motifs is 1. The number of aromatic nitrogens is 3. The molecule has 0 amide bonds. The van der Waals surface area contributed by atoms with Crippen molar-refractivity contribution < 1.29 is 0 Å². The Kier molecular flexibility index (Phi) is 4.27. The predicted molar refractivity (Wildman–Crippen MR) is 107 cm³/mol. The summed E-state index contributed by atoms with van der Waals surface area (Å²) in [5.41, 5.74) is 2.23. The molecule has 2 heterocycles. The first kappa shape index (κ1) is 16.1. The van der Waals surface area contributed by atoms with Gasteiger partial charge in [0, 0.05) is 23.2 Å². The second-order valence-corrected chi connectivity index (χ2v) is 6.42. The van der Waals surface area contributed by atoms with Crippen molar-refractivity contribution in [2.24, 2.45) is 0 Å². The smallest absolute Gasteiger partial charge is 0.153 e. The lowest BCUT2D eigenvalue weighted by Crippen LogP contribution is -2.09. The number of aryl methyl sites for hydroxylation is 1. The van der Waals surface area contributed by atoms with Gasteiger partial charge >= 0.3 is 0 Å². The molecule has 3 N–H and O–H groups in total. The number of H-pyrrole nitrogens is 1. The second kappa shape index (κ2) is 6.88. The van der Waals surface area contributed by atoms with Crippen molar-refractivity contribution in [2.75, 3.05) is 10.6 Å². The topological polar surface area (TPSA) is 65.6 Å². The highest BCUT2D eigenvalue weighted by Gasteiger charge is 2.11. The Morgan fingerprint density at radius 3 is 2.46 bits per heavy atom. The third-order valence-corrected chi connectivity index (χ3v) is 4.36. The normalized spacial score (nSPS) is 12.1. The maximum absolute atomic E-state index is 4.79. The molecule has 0 aliphatic rings. The fourth-order valence-electron chi connectivity index (χ4n) is 3.02. The van der Waals surface area contributed by atoms with Gasteiger partial charge in [-0.3, -0.25) is 5.10 Å². The molecule has 0 aliphatic carbocycles. The summed E-state index contributed by atoms with van der Waals surface area (Å²) in [5, 5.41) is 16.2. The van der Waals surface area contributed by atoms with E-state index in [9.17, 15) is 0 Å². The van der Waals surface area contributed by atoms with E-state index in [-0.39, 0.29) is 6.04 Å². The molecule has 130 valence electrons. The van der Waals surface area contributed by atoms with Gasteiger partial charge in [0.1, 0.15) is 11.6 Å². The van der Waals surface area contributed by atoms with Crippen molar-refractivity contribution in [3.63, 3.8) is 0 Å². The lowest BCUT2D eigenvalue weighted by atomic mass is 10.1. The summed E-state index contributed by atoms with van der Waals surface area (Å²) < 4.78 is 0. The first-order chi connectivity index (χ1) is 12.7. The Bertz CT molecular complexity index is 1020. The number of benzene rings is 2. The number of aromatic amines is 1. The quantitative estimate of drug-likeness (QED) is 0.467. The summed E-state index contributed by atoms with van der Waals surface area (Å²) >= 11 is 0. The molecule has 0 fully saturated rings. The Balaban J connectivity index is 1.70. The number of nitrogens with zero attached hydrogens (tertiary/aromatic N) is 2. The van der Waals surface area contributed by atoms with Gasteiger partial charge in [-0.25, -0.2) is 4.98 Å². The first-order valence-electron chi connectivity index (χ1n) is 8.69. The van der Waals surface area contributed by atoms with Crippen molar-refractivity contribution in [3.8, 4) is 0 Å². The van der Waals surface area contributed by atoms with Gasteiger partial charge in [0.25, 0.3) is 0 Å². The molecular weight excluding hydrogens is 322 g/mol. The van der Waals surface area contributed by atoms with Crippen LogP contribution in [0.15, 0.2) is 66.7 Å². The lowest BCUT2D eigenvalue weighted by Gasteiger charge is -2.17. The Hall–Kier alpha value is -3.34. The number of rotatable bonds is 5. The zero-order valence-corrected chi connectivity index (χ0v) is 14.8. The monoisotopic (exact) mass is 343 g/mol. The fraction of sp³-hybridized carbons (Fsp3) is 0.143. The van der Waals surface area contributed by atoms with Gasteiger partial charge in [0.2, 0.25) is 0 Å². The van der Waals surface area contributed by atoms with Crippen LogP contribution in [0, 0.1) is 6.92 Å². The molecule has 26 heavy (non-hydrogen) atoms. The molecule has 0 bridgehead atoms. The molecule has 1 atom stereocenters. The van der Waals surface area contributed by atoms with E-state index in [1.807, 2.05) is 37.3 Å². The van der Waals surface area contributed by atoms with E-state index >= 15 is 0 Å². The van der Waals surface area contributed by atoms with Crippen molar-refractivity contribution in [1.82, 2.24) is 15.2 Å². The minimum atomic E-state index is 0.148. The molecule has 5 nitrogen and oxygen atoms in total. The first-order valence-corrected chi connectivity index (χ1v) is 8.69. The Labute approximate surface area is 152 Å². The van der Waals surface area contributed by atoms with Crippen LogP contribution in [0.1, 0.15) is 24.2 Å². The SMILES string of the molecule is Cc1cc(Nc2cc3ccccc3c(N[C@H](C)c3ccccc3)n2)n[nH]1. The molecule has 0 unspecified atom stereocenters. The van der Waals surface area contributed by atoms with Crippen LogP contribution in [0.2, 0.25) is 0 Å². The van der Waals surface area contributed by atoms with E-state index in [0.717, 1.165) is 33.9 Å². The van der Waals surface area contributed by atoms with Crippen molar-refractivity contribution in [3.05, 3.63) is 78.0 Å². The molecule has 2 aromatic heterocycles. The number of pyridine rings is 1. The van der Waals surface area contributed by atoms with E-state index in [0.29, 0.717) is 0 Å². The van der Waals surface area contributed by atoms with Crippen LogP contribution in [0.4, 0.5) is 17.5 Å². The molecule has 0 saturated heterocycles. The minimum Gasteiger partial charge on any atom is -0.363 e. The van der Waals surface area contributed by atoms with Gasteiger partial charge < -0.3 is 10.6 Å². The largest absolute Gasteiger partial charge is 0.363 e. The highest BCUT2D eigenvalue weighted by Crippen LogP contribution is 2.28.